The van der Waals surface area contributed by atoms with Crippen LogP contribution in [0.1, 0.15) is 12.5 Å². The second-order valence-electron chi connectivity index (χ2n) is 5.43. The Morgan fingerprint density at radius 2 is 1.79 bits per heavy atom. The van der Waals surface area contributed by atoms with Gasteiger partial charge in [-0.25, -0.2) is 9.69 Å². The molecule has 0 radical (unpaired) electrons. The van der Waals surface area contributed by atoms with E-state index < -0.39 is 11.7 Å². The highest BCUT2D eigenvalue weighted by molar-refractivity contribution is 6.37. The van der Waals surface area contributed by atoms with E-state index >= 15 is 0 Å². The zero-order valence-corrected chi connectivity index (χ0v) is 14.3. The Bertz CT molecular complexity index is 790. The van der Waals surface area contributed by atoms with E-state index in [0.29, 0.717) is 0 Å². The molecule has 0 spiro atoms. The molecule has 2 heterocycles. The van der Waals surface area contributed by atoms with Crippen LogP contribution in [0.15, 0.2) is 36.3 Å². The molecule has 3 rings (SSSR count). The summed E-state index contributed by atoms with van der Waals surface area (Å²) in [7, 11) is 1.92. The van der Waals surface area contributed by atoms with Crippen molar-refractivity contribution >= 4 is 28.9 Å². The average Bonchev–Trinajstić information content (AvgIpc) is 3.04. The standard InChI is InChI=1S/C15H13Cl2F3N4/c1-9-3-4-22(2)24(9)11-7-21-23(8-11)14-12(16)5-10(6-13(14)17)15(18,19)20/h3,5-8H,4H2,1-2H3. The van der Waals surface area contributed by atoms with Crippen molar-refractivity contribution in [2.45, 2.75) is 13.1 Å². The first-order chi connectivity index (χ1) is 11.2. The van der Waals surface area contributed by atoms with Gasteiger partial charge in [-0.05, 0) is 25.1 Å². The fraction of sp³-hybridized carbons (Fsp3) is 0.267. The number of rotatable bonds is 2. The predicted molar refractivity (Wildman–Crippen MR) is 87.5 cm³/mol. The Labute approximate surface area is 146 Å². The summed E-state index contributed by atoms with van der Waals surface area (Å²) >= 11 is 12.0. The highest BCUT2D eigenvalue weighted by Gasteiger charge is 2.32. The topological polar surface area (TPSA) is 24.3 Å². The highest BCUT2D eigenvalue weighted by Crippen LogP contribution is 2.38. The summed E-state index contributed by atoms with van der Waals surface area (Å²) in [6, 6.07) is 1.69. The van der Waals surface area contributed by atoms with Crippen molar-refractivity contribution < 1.29 is 13.2 Å². The van der Waals surface area contributed by atoms with Gasteiger partial charge in [-0.2, -0.15) is 18.3 Å². The van der Waals surface area contributed by atoms with Crippen LogP contribution >= 0.6 is 23.2 Å². The van der Waals surface area contributed by atoms with Crippen molar-refractivity contribution in [3.8, 4) is 5.69 Å². The van der Waals surface area contributed by atoms with Gasteiger partial charge in [0.25, 0.3) is 0 Å². The summed E-state index contributed by atoms with van der Waals surface area (Å²) in [6.45, 7) is 2.72. The molecular weight excluding hydrogens is 364 g/mol. The van der Waals surface area contributed by atoms with Gasteiger partial charge in [-0.1, -0.05) is 23.2 Å². The molecule has 9 heteroatoms. The maximum absolute atomic E-state index is 12.8. The number of aromatic nitrogens is 2. The smallest absolute Gasteiger partial charge is 0.276 e. The molecule has 1 aliphatic rings. The Kier molecular flexibility index (Phi) is 4.27. The van der Waals surface area contributed by atoms with E-state index in [1.165, 1.54) is 4.68 Å². The monoisotopic (exact) mass is 376 g/mol. The van der Waals surface area contributed by atoms with Gasteiger partial charge in [0.2, 0.25) is 0 Å². The number of hydrogen-bond donors (Lipinski definition) is 0. The first-order valence-corrected chi connectivity index (χ1v) is 7.73. The van der Waals surface area contributed by atoms with Crippen molar-refractivity contribution in [1.29, 1.82) is 0 Å². The minimum absolute atomic E-state index is 0.119. The minimum Gasteiger partial charge on any atom is -0.276 e. The van der Waals surface area contributed by atoms with Crippen LogP contribution in [-0.4, -0.2) is 28.4 Å². The van der Waals surface area contributed by atoms with E-state index in [9.17, 15) is 13.2 Å². The SMILES string of the molecule is CC1=CCN(C)N1c1cnn(-c2c(Cl)cc(C(F)(F)F)cc2Cl)c1. The summed E-state index contributed by atoms with van der Waals surface area (Å²) in [5, 5.41) is 7.87. The molecule has 1 aliphatic heterocycles. The van der Waals surface area contributed by atoms with Crippen molar-refractivity contribution in [3.63, 3.8) is 0 Å². The lowest BCUT2D eigenvalue weighted by atomic mass is 10.2. The first-order valence-electron chi connectivity index (χ1n) is 6.97. The third-order valence-corrected chi connectivity index (χ3v) is 4.29. The van der Waals surface area contributed by atoms with Crippen molar-refractivity contribution in [3.05, 3.63) is 51.9 Å². The lowest BCUT2D eigenvalue weighted by molar-refractivity contribution is -0.137. The number of allylic oxidation sites excluding steroid dienone is 1. The molecule has 1 aromatic heterocycles. The summed E-state index contributed by atoms with van der Waals surface area (Å²) in [5.74, 6) is 0. The third kappa shape index (κ3) is 2.99. The van der Waals surface area contributed by atoms with E-state index in [2.05, 4.69) is 11.2 Å². The Morgan fingerprint density at radius 1 is 1.17 bits per heavy atom. The van der Waals surface area contributed by atoms with Crippen molar-refractivity contribution in [1.82, 2.24) is 14.8 Å². The normalized spacial score (nSPS) is 16.0. The quantitative estimate of drug-likeness (QED) is 0.754. The van der Waals surface area contributed by atoms with E-state index in [1.54, 1.807) is 12.4 Å². The molecule has 24 heavy (non-hydrogen) atoms. The Balaban J connectivity index is 2.01. The number of likely N-dealkylation sites (N-methyl/N-ethyl adjacent to an activating group) is 1. The predicted octanol–water partition coefficient (Wildman–Crippen LogP) is 4.77. The van der Waals surface area contributed by atoms with Gasteiger partial charge in [0.15, 0.2) is 0 Å². The number of hydrogen-bond acceptors (Lipinski definition) is 3. The molecule has 0 atom stereocenters. The number of hydrazine groups is 1. The fourth-order valence-corrected chi connectivity index (χ4v) is 3.26. The number of halogens is 5. The molecule has 1 aromatic carbocycles. The van der Waals surface area contributed by atoms with Gasteiger partial charge in [0.05, 0.1) is 33.7 Å². The van der Waals surface area contributed by atoms with Crippen LogP contribution in [0, 0.1) is 0 Å². The van der Waals surface area contributed by atoms with E-state index in [4.69, 9.17) is 23.2 Å². The molecule has 0 aliphatic carbocycles. The summed E-state index contributed by atoms with van der Waals surface area (Å²) in [4.78, 5) is 0. The maximum atomic E-state index is 12.8. The molecule has 4 nitrogen and oxygen atoms in total. The van der Waals surface area contributed by atoms with Gasteiger partial charge in [-0.3, -0.25) is 5.01 Å². The third-order valence-electron chi connectivity index (χ3n) is 3.71. The minimum atomic E-state index is -4.51. The van der Waals surface area contributed by atoms with Crippen LogP contribution in [0.3, 0.4) is 0 Å². The molecule has 128 valence electrons. The summed E-state index contributed by atoms with van der Waals surface area (Å²) < 4.78 is 39.8. The van der Waals surface area contributed by atoms with Gasteiger partial charge in [0, 0.05) is 19.3 Å². The van der Waals surface area contributed by atoms with Crippen LogP contribution in [0.25, 0.3) is 5.69 Å². The summed E-state index contributed by atoms with van der Waals surface area (Å²) in [5.41, 5.74) is 1.10. The van der Waals surface area contributed by atoms with E-state index in [-0.39, 0.29) is 15.7 Å². The van der Waals surface area contributed by atoms with Crippen LogP contribution in [0.2, 0.25) is 10.0 Å². The Hall–Kier alpha value is -1.70. The van der Waals surface area contributed by atoms with Gasteiger partial charge >= 0.3 is 6.18 Å². The summed E-state index contributed by atoms with van der Waals surface area (Å²) in [6.07, 6.45) is 0.805. The second-order valence-corrected chi connectivity index (χ2v) is 6.24. The molecule has 0 saturated heterocycles. The average molecular weight is 377 g/mol. The highest BCUT2D eigenvalue weighted by atomic mass is 35.5. The van der Waals surface area contributed by atoms with Gasteiger partial charge in [0.1, 0.15) is 5.69 Å². The lowest BCUT2D eigenvalue weighted by Gasteiger charge is -2.26. The van der Waals surface area contributed by atoms with Crippen LogP contribution in [0.5, 0.6) is 0 Å². The largest absolute Gasteiger partial charge is 0.416 e. The lowest BCUT2D eigenvalue weighted by Crippen LogP contribution is -2.33. The number of alkyl halides is 3. The zero-order chi connectivity index (χ0) is 17.6. The number of benzene rings is 1. The molecule has 0 unspecified atom stereocenters. The molecular formula is C15H13Cl2F3N4. The second kappa shape index (κ2) is 5.98. The fourth-order valence-electron chi connectivity index (χ4n) is 2.60. The molecule has 2 aromatic rings. The van der Waals surface area contributed by atoms with Crippen LogP contribution in [-0.2, 0) is 6.18 Å². The molecule has 0 N–H and O–H groups in total. The number of anilines is 1. The van der Waals surface area contributed by atoms with Crippen molar-refractivity contribution in [2.75, 3.05) is 18.6 Å². The molecule has 0 amide bonds. The van der Waals surface area contributed by atoms with Crippen LogP contribution in [0.4, 0.5) is 18.9 Å². The van der Waals surface area contributed by atoms with Gasteiger partial charge in [-0.15, -0.1) is 0 Å². The van der Waals surface area contributed by atoms with E-state index in [1.807, 2.05) is 24.0 Å². The van der Waals surface area contributed by atoms with Crippen LogP contribution < -0.4 is 5.01 Å². The first kappa shape index (κ1) is 17.1. The molecule has 0 fully saturated rings. The Morgan fingerprint density at radius 3 is 2.29 bits per heavy atom. The number of nitrogens with zero attached hydrogens (tertiary/aromatic N) is 4. The van der Waals surface area contributed by atoms with Crippen molar-refractivity contribution in [2.24, 2.45) is 0 Å². The van der Waals surface area contributed by atoms with E-state index in [0.717, 1.165) is 30.1 Å². The molecule has 0 saturated carbocycles. The zero-order valence-electron chi connectivity index (χ0n) is 12.8. The van der Waals surface area contributed by atoms with Gasteiger partial charge < -0.3 is 0 Å². The molecule has 0 bridgehead atoms. The maximum Gasteiger partial charge on any atom is 0.416 e.